The molecule has 0 bridgehead atoms. The third kappa shape index (κ3) is 3.09. The van der Waals surface area contributed by atoms with Gasteiger partial charge in [0, 0.05) is 11.6 Å². The first-order valence-corrected chi connectivity index (χ1v) is 4.19. The van der Waals surface area contributed by atoms with Crippen molar-refractivity contribution >= 4 is 11.8 Å². The van der Waals surface area contributed by atoms with Gasteiger partial charge in [0.15, 0.2) is 0 Å². The van der Waals surface area contributed by atoms with Crippen LogP contribution in [0.4, 0.5) is 5.95 Å². The molecule has 0 aromatic carbocycles. The van der Waals surface area contributed by atoms with Crippen LogP contribution in [0.25, 0.3) is 0 Å². The van der Waals surface area contributed by atoms with Gasteiger partial charge in [0.05, 0.1) is 5.69 Å². The Bertz CT molecular complexity index is 483. The van der Waals surface area contributed by atoms with Crippen molar-refractivity contribution in [3.05, 3.63) is 29.6 Å². The number of aryl methyl sites for hydroxylation is 1. The average molecular weight is 226 g/mol. The van der Waals surface area contributed by atoms with Gasteiger partial charge < -0.3 is 5.11 Å². The normalized spacial score (nSPS) is 10.9. The summed E-state index contributed by atoms with van der Waals surface area (Å²) in [5, 5.41) is 24.1. The molecule has 0 aliphatic heterocycles. The molecule has 2 heterocycles. The van der Waals surface area contributed by atoms with Gasteiger partial charge in [-0.1, -0.05) is 11.2 Å². The first-order chi connectivity index (χ1) is 7.25. The number of tetrazole rings is 1. The van der Waals surface area contributed by atoms with Gasteiger partial charge in [-0.2, -0.15) is 5.21 Å². The average Bonchev–Trinajstić information content (AvgIpc) is 2.70. The molecule has 2 aromatic heterocycles. The minimum atomic E-state index is -0.486. The number of hydrogen-bond acceptors (Lipinski definition) is 6. The fourth-order valence-electron chi connectivity index (χ4n) is 1.01. The second-order valence-electron chi connectivity index (χ2n) is 2.79. The molecule has 0 amide bonds. The fraction of sp³-hybridized carbons (Fsp3) is 0.125. The van der Waals surface area contributed by atoms with Crippen LogP contribution in [0.5, 0.6) is 0 Å². The molecule has 16 heavy (non-hydrogen) atoms. The maximum atomic E-state index is 11.5. The second kappa shape index (κ2) is 5.69. The van der Waals surface area contributed by atoms with Gasteiger partial charge in [0.1, 0.15) is 0 Å². The van der Waals surface area contributed by atoms with E-state index in [1.54, 1.807) is 25.1 Å². The predicted molar refractivity (Wildman–Crippen MR) is 49.3 cm³/mol. The van der Waals surface area contributed by atoms with Gasteiger partial charge in [-0.15, -0.1) is 5.10 Å². The zero-order valence-corrected chi connectivity index (χ0v) is 10.9. The standard InChI is InChI=1S/C8H8N6O.Na/c1-5-3-2-4-6(9-5)7(15)10-8-11-13-14-12-8;/h2-4H,1H3,(H2,10,11,12,13,14,15);/q;+1/p-1. The molecule has 0 aliphatic rings. The van der Waals surface area contributed by atoms with Gasteiger partial charge in [-0.05, 0) is 24.3 Å². The van der Waals surface area contributed by atoms with Crippen LogP contribution in [0.2, 0.25) is 0 Å². The molecule has 0 aliphatic carbocycles. The molecule has 0 atom stereocenters. The minimum absolute atomic E-state index is 0. The number of H-pyrrole nitrogens is 1. The number of aromatic amines is 1. The van der Waals surface area contributed by atoms with E-state index in [4.69, 9.17) is 0 Å². The van der Waals surface area contributed by atoms with Crippen LogP contribution in [0.1, 0.15) is 11.4 Å². The summed E-state index contributed by atoms with van der Waals surface area (Å²) in [6.07, 6.45) is 0. The Morgan fingerprint density at radius 3 is 2.88 bits per heavy atom. The molecule has 8 heteroatoms. The van der Waals surface area contributed by atoms with Crippen LogP contribution < -0.4 is 34.7 Å². The van der Waals surface area contributed by atoms with Crippen molar-refractivity contribution in [2.24, 2.45) is 4.99 Å². The van der Waals surface area contributed by atoms with Crippen LogP contribution in [0.3, 0.4) is 0 Å². The third-order valence-corrected chi connectivity index (χ3v) is 1.64. The molecule has 0 saturated carbocycles. The van der Waals surface area contributed by atoms with Crippen LogP contribution >= 0.6 is 0 Å². The first-order valence-electron chi connectivity index (χ1n) is 4.19. The van der Waals surface area contributed by atoms with E-state index in [1.165, 1.54) is 0 Å². The number of aliphatic imine (C=N–C) groups is 1. The number of pyridine rings is 1. The Kier molecular flexibility index (Phi) is 4.53. The van der Waals surface area contributed by atoms with E-state index in [0.29, 0.717) is 0 Å². The Morgan fingerprint density at radius 2 is 2.25 bits per heavy atom. The van der Waals surface area contributed by atoms with E-state index in [-0.39, 0.29) is 41.2 Å². The topological polar surface area (TPSA) is 103 Å². The number of rotatable bonds is 2. The number of aromatic nitrogens is 5. The van der Waals surface area contributed by atoms with Crippen molar-refractivity contribution in [2.45, 2.75) is 6.92 Å². The molecule has 2 rings (SSSR count). The van der Waals surface area contributed by atoms with Crippen LogP contribution in [-0.4, -0.2) is 31.5 Å². The third-order valence-electron chi connectivity index (χ3n) is 1.64. The molecular weight excluding hydrogens is 219 g/mol. The number of nitrogens with one attached hydrogen (secondary N) is 1. The van der Waals surface area contributed by atoms with Crippen molar-refractivity contribution in [3.63, 3.8) is 0 Å². The molecule has 0 unspecified atom stereocenters. The van der Waals surface area contributed by atoms with E-state index in [0.717, 1.165) is 5.69 Å². The Balaban J connectivity index is 0.00000128. The van der Waals surface area contributed by atoms with Crippen molar-refractivity contribution in [3.8, 4) is 0 Å². The summed E-state index contributed by atoms with van der Waals surface area (Å²) < 4.78 is 0. The van der Waals surface area contributed by atoms with E-state index in [9.17, 15) is 5.11 Å². The van der Waals surface area contributed by atoms with Crippen molar-refractivity contribution in [1.29, 1.82) is 0 Å². The summed E-state index contributed by atoms with van der Waals surface area (Å²) >= 11 is 0. The van der Waals surface area contributed by atoms with Crippen LogP contribution in [0.15, 0.2) is 23.2 Å². The molecular formula is C8H7N6NaO. The Hall–Kier alpha value is -1.31. The summed E-state index contributed by atoms with van der Waals surface area (Å²) in [7, 11) is 0. The molecule has 0 radical (unpaired) electrons. The van der Waals surface area contributed by atoms with Gasteiger partial charge in [-0.3, -0.25) is 4.98 Å². The zero-order chi connectivity index (χ0) is 10.7. The van der Waals surface area contributed by atoms with Crippen molar-refractivity contribution in [1.82, 2.24) is 25.6 Å². The summed E-state index contributed by atoms with van der Waals surface area (Å²) in [5.74, 6) is -0.483. The SMILES string of the molecule is Cc1cccc(/C([O-])=N/c2nn[nH]n2)n1.[Na+]. The van der Waals surface area contributed by atoms with Crippen molar-refractivity contribution < 1.29 is 34.7 Å². The largest absolute Gasteiger partial charge is 1.00 e. The van der Waals surface area contributed by atoms with Crippen LogP contribution in [0, 0.1) is 6.92 Å². The van der Waals surface area contributed by atoms with E-state index in [2.05, 4.69) is 30.6 Å². The maximum Gasteiger partial charge on any atom is 1.00 e. The Labute approximate surface area is 113 Å². The van der Waals surface area contributed by atoms with Gasteiger partial charge in [0.2, 0.25) is 0 Å². The predicted octanol–water partition coefficient (Wildman–Crippen LogP) is -3.65. The molecule has 1 N–H and O–H groups in total. The summed E-state index contributed by atoms with van der Waals surface area (Å²) in [6.45, 7) is 1.80. The molecule has 0 fully saturated rings. The monoisotopic (exact) mass is 226 g/mol. The van der Waals surface area contributed by atoms with Crippen molar-refractivity contribution in [2.75, 3.05) is 0 Å². The van der Waals surface area contributed by atoms with E-state index < -0.39 is 5.90 Å². The van der Waals surface area contributed by atoms with E-state index >= 15 is 0 Å². The summed E-state index contributed by atoms with van der Waals surface area (Å²) in [5.41, 5.74) is 1.02. The van der Waals surface area contributed by atoms with E-state index in [1.807, 2.05) is 0 Å². The second-order valence-corrected chi connectivity index (χ2v) is 2.79. The number of nitrogens with zero attached hydrogens (tertiary/aromatic N) is 5. The minimum Gasteiger partial charge on any atom is -0.857 e. The number of hydrogen-bond donors (Lipinski definition) is 1. The first kappa shape index (κ1) is 12.8. The molecule has 76 valence electrons. The Morgan fingerprint density at radius 1 is 1.44 bits per heavy atom. The molecule has 2 aromatic rings. The summed E-state index contributed by atoms with van der Waals surface area (Å²) in [4.78, 5) is 7.64. The van der Waals surface area contributed by atoms with Gasteiger partial charge in [-0.25, -0.2) is 4.99 Å². The summed E-state index contributed by atoms with van der Waals surface area (Å²) in [6, 6.07) is 5.12. The fourth-order valence-corrected chi connectivity index (χ4v) is 1.01. The van der Waals surface area contributed by atoms with Gasteiger partial charge >= 0.3 is 29.6 Å². The van der Waals surface area contributed by atoms with Gasteiger partial charge in [0.25, 0.3) is 5.95 Å². The van der Waals surface area contributed by atoms with Crippen LogP contribution in [-0.2, 0) is 0 Å². The molecule has 7 nitrogen and oxygen atoms in total. The molecule has 0 spiro atoms. The quantitative estimate of drug-likeness (QED) is 0.323. The maximum absolute atomic E-state index is 11.5. The molecule has 0 saturated heterocycles. The zero-order valence-electron chi connectivity index (χ0n) is 8.88. The smallest absolute Gasteiger partial charge is 0.857 e.